The summed E-state index contributed by atoms with van der Waals surface area (Å²) in [5, 5.41) is 29.5. The molecule has 0 bridgehead atoms. The first kappa shape index (κ1) is 15.8. The monoisotopic (exact) mass is 334 g/mol. The van der Waals surface area contributed by atoms with Gasteiger partial charge in [0.25, 0.3) is 0 Å². The quantitative estimate of drug-likeness (QED) is 0.304. The van der Waals surface area contributed by atoms with E-state index in [0.717, 1.165) is 0 Å². The van der Waals surface area contributed by atoms with Gasteiger partial charge in [-0.3, -0.25) is 0 Å². The molecule has 8 nitrogen and oxygen atoms in total. The molecule has 0 N–H and O–H groups in total. The van der Waals surface area contributed by atoms with Gasteiger partial charge in [0.15, 0.2) is 0 Å². The molecule has 0 unspecified atom stereocenters. The van der Waals surface area contributed by atoms with Gasteiger partial charge in [0.2, 0.25) is 0 Å². The van der Waals surface area contributed by atoms with Gasteiger partial charge in [-0.25, -0.2) is 0 Å². The summed E-state index contributed by atoms with van der Waals surface area (Å²) in [5.74, 6) is 0. The summed E-state index contributed by atoms with van der Waals surface area (Å²) < 4.78 is 0. The number of hydrogen-bond donors (Lipinski definition) is 0. The van der Waals surface area contributed by atoms with Crippen LogP contribution in [-0.2, 0) is 0 Å². The Balaban J connectivity index is -0.0000000720. The Morgan fingerprint density at radius 1 is 0.778 bits per heavy atom. The first-order valence-corrected chi connectivity index (χ1v) is 1.10. The zero-order chi connectivity index (χ0) is 7.15. The van der Waals surface area contributed by atoms with Gasteiger partial charge in [0.1, 0.15) is 0 Å². The van der Waals surface area contributed by atoms with E-state index in [1.54, 1.807) is 0 Å². The van der Waals surface area contributed by atoms with Crippen LogP contribution in [0.5, 0.6) is 0 Å². The molecule has 52 valence electrons. The van der Waals surface area contributed by atoms with Crippen LogP contribution in [0.25, 0.3) is 0 Å². The average molecular weight is 333 g/mol. The summed E-state index contributed by atoms with van der Waals surface area (Å²) in [5.41, 5.74) is 0. The fourth-order valence-electron chi connectivity index (χ4n) is 0. The van der Waals surface area contributed by atoms with Crippen molar-refractivity contribution in [2.45, 2.75) is 0 Å². The van der Waals surface area contributed by atoms with Crippen molar-refractivity contribution in [2.24, 2.45) is 0 Å². The molecule has 0 spiro atoms. The van der Waals surface area contributed by atoms with Gasteiger partial charge < -0.3 is 30.6 Å². The predicted molar refractivity (Wildman–Crippen MR) is 29.3 cm³/mol. The Morgan fingerprint density at radius 2 is 0.778 bits per heavy atom. The second kappa shape index (κ2) is 10.3. The second-order valence-electron chi connectivity index (χ2n) is 0.447. The summed E-state index contributed by atoms with van der Waals surface area (Å²) in [7, 11) is 0. The molecule has 9 heavy (non-hydrogen) atoms. The van der Waals surface area contributed by atoms with E-state index in [9.17, 15) is 0 Å². The summed E-state index contributed by atoms with van der Waals surface area (Å²) >= 11 is 0. The summed E-state index contributed by atoms with van der Waals surface area (Å²) in [6.07, 6.45) is 0. The Labute approximate surface area is 68.5 Å². The molecule has 0 rings (SSSR count). The third-order valence-electron chi connectivity index (χ3n) is 0. The minimum atomic E-state index is -1.75. The zero-order valence-electron chi connectivity index (χ0n) is 4.05. The molecule has 0 aromatic heterocycles. The molecule has 0 heterocycles. The molecule has 9 heteroatoms. The van der Waals surface area contributed by atoms with Crippen molar-refractivity contribution in [1.29, 1.82) is 0 Å². The predicted octanol–water partition coefficient (Wildman–Crippen LogP) is -1.39. The molecule has 0 aliphatic rings. The van der Waals surface area contributed by atoms with Crippen molar-refractivity contribution in [2.75, 3.05) is 0 Å². The molecule has 0 atom stereocenters. The topological polar surface area (TPSA) is 132 Å². The molecular weight excluding hydrogens is 331 g/mol. The first-order valence-electron chi connectivity index (χ1n) is 1.10. The Morgan fingerprint density at radius 3 is 0.778 bits per heavy atom. The van der Waals surface area contributed by atoms with Crippen LogP contribution >= 0.6 is 0 Å². The van der Waals surface area contributed by atoms with Crippen molar-refractivity contribution in [3.05, 3.63) is 30.6 Å². The number of rotatable bonds is 0. The summed E-state index contributed by atoms with van der Waals surface area (Å²) in [4.78, 5) is 16.5. The van der Waals surface area contributed by atoms with Crippen LogP contribution in [0, 0.1) is 30.6 Å². The fourth-order valence-corrected chi connectivity index (χ4v) is 0. The van der Waals surface area contributed by atoms with Crippen molar-refractivity contribution in [1.82, 2.24) is 0 Å². The molecular formula is H2N2O6Pb. The third-order valence-corrected chi connectivity index (χ3v) is 0. The number of nitrogens with zero attached hydrogens (tertiary/aromatic N) is 2. The van der Waals surface area contributed by atoms with E-state index in [1.165, 1.54) is 0 Å². The molecule has 0 radical (unpaired) electrons. The van der Waals surface area contributed by atoms with Crippen LogP contribution < -0.4 is 0 Å². The molecule has 0 fully saturated rings. The maximum absolute atomic E-state index is 8.25. The first-order chi connectivity index (χ1) is 3.46. The van der Waals surface area contributed by atoms with Crippen molar-refractivity contribution in [3.63, 3.8) is 0 Å². The van der Waals surface area contributed by atoms with E-state index in [4.69, 9.17) is 30.6 Å². The maximum atomic E-state index is 8.25. The molecule has 0 aliphatic heterocycles. The van der Waals surface area contributed by atoms with Gasteiger partial charge >= 0.3 is 27.3 Å². The Bertz CT molecular complexity index is 69.1. The van der Waals surface area contributed by atoms with Crippen LogP contribution in [0.15, 0.2) is 0 Å². The van der Waals surface area contributed by atoms with E-state index in [0.29, 0.717) is 0 Å². The molecule has 0 amide bonds. The third kappa shape index (κ3) is 451. The van der Waals surface area contributed by atoms with Gasteiger partial charge in [-0.05, 0) is 0 Å². The number of hydrogen-bond acceptors (Lipinski definition) is 6. The van der Waals surface area contributed by atoms with E-state index in [1.807, 2.05) is 0 Å². The molecule has 0 saturated carbocycles. The SMILES string of the molecule is O=[N+]([O-])[O-].O=[N+]([O-])[O-].[PbH2+2]. The zero-order valence-corrected chi connectivity index (χ0v) is 9.55. The second-order valence-corrected chi connectivity index (χ2v) is 0.447. The van der Waals surface area contributed by atoms with Gasteiger partial charge in [-0.2, -0.15) is 0 Å². The van der Waals surface area contributed by atoms with Gasteiger partial charge in [-0.1, -0.05) is 0 Å². The van der Waals surface area contributed by atoms with Gasteiger partial charge in [-0.15, -0.1) is 0 Å². The summed E-state index contributed by atoms with van der Waals surface area (Å²) in [6.45, 7) is 0. The van der Waals surface area contributed by atoms with Crippen LogP contribution in [0.1, 0.15) is 0 Å². The van der Waals surface area contributed by atoms with E-state index < -0.39 is 10.2 Å². The molecule has 0 aliphatic carbocycles. The normalized spacial score (nSPS) is 5.33. The minimum absolute atomic E-state index is 0. The molecule has 0 saturated heterocycles. The van der Waals surface area contributed by atoms with E-state index in [2.05, 4.69) is 0 Å². The Kier molecular flexibility index (Phi) is 18.1. The van der Waals surface area contributed by atoms with Gasteiger partial charge in [0, 0.05) is 0 Å². The van der Waals surface area contributed by atoms with Crippen LogP contribution in [0.3, 0.4) is 0 Å². The van der Waals surface area contributed by atoms with Crippen molar-refractivity contribution < 1.29 is 10.2 Å². The summed E-state index contributed by atoms with van der Waals surface area (Å²) in [6, 6.07) is 0. The standard InChI is InChI=1S/2NO3.Pb.2H/c2*2-1(3)4;;;/q2*-1;+2;;. The molecule has 0 aromatic carbocycles. The van der Waals surface area contributed by atoms with Crippen molar-refractivity contribution in [3.8, 4) is 0 Å². The average Bonchev–Trinajstić information content (AvgIpc) is 1.25. The van der Waals surface area contributed by atoms with E-state index >= 15 is 0 Å². The molecule has 0 aromatic rings. The fraction of sp³-hybridized carbons (Fsp3) is 0. The van der Waals surface area contributed by atoms with Crippen LogP contribution in [0.4, 0.5) is 0 Å². The van der Waals surface area contributed by atoms with Gasteiger partial charge in [0.05, 0.1) is 10.2 Å². The van der Waals surface area contributed by atoms with Crippen molar-refractivity contribution >= 4 is 27.3 Å². The van der Waals surface area contributed by atoms with E-state index in [-0.39, 0.29) is 27.3 Å². The Hall–Kier alpha value is -0.678. The van der Waals surface area contributed by atoms with Crippen LogP contribution in [0.2, 0.25) is 0 Å². The van der Waals surface area contributed by atoms with Crippen LogP contribution in [-0.4, -0.2) is 37.5 Å².